The van der Waals surface area contributed by atoms with E-state index < -0.39 is 17.9 Å². The number of anilines is 1. The van der Waals surface area contributed by atoms with E-state index in [1.54, 1.807) is 18.2 Å². The number of rotatable bonds is 5. The second-order valence-corrected chi connectivity index (χ2v) is 7.27. The van der Waals surface area contributed by atoms with E-state index in [0.717, 1.165) is 5.56 Å². The summed E-state index contributed by atoms with van der Waals surface area (Å²) in [7, 11) is 1.30. The van der Waals surface area contributed by atoms with Crippen LogP contribution in [0.2, 0.25) is 5.02 Å². The number of ether oxygens (including phenoxy) is 3. The number of hydrogen-bond donors (Lipinski definition) is 0. The highest BCUT2D eigenvalue weighted by atomic mass is 35.5. The molecule has 0 radical (unpaired) electrons. The fourth-order valence-electron chi connectivity index (χ4n) is 3.33. The minimum Gasteiger partial charge on any atom is -0.475 e. The third-order valence-corrected chi connectivity index (χ3v) is 4.92. The first-order valence-corrected chi connectivity index (χ1v) is 9.71. The molecule has 5 nitrogen and oxygen atoms in total. The van der Waals surface area contributed by atoms with Gasteiger partial charge in [-0.2, -0.15) is 0 Å². The van der Waals surface area contributed by atoms with Crippen molar-refractivity contribution in [1.29, 1.82) is 0 Å². The molecule has 0 N–H and O–H groups in total. The zero-order valence-corrected chi connectivity index (χ0v) is 16.9. The molecule has 1 aliphatic heterocycles. The van der Waals surface area contributed by atoms with Crippen molar-refractivity contribution >= 4 is 23.3 Å². The molecule has 1 aliphatic rings. The molecule has 1 heterocycles. The summed E-state index contributed by atoms with van der Waals surface area (Å²) < 4.78 is 30.1. The number of nitrogens with zero attached hydrogens (tertiary/aromatic N) is 1. The minimum absolute atomic E-state index is 0.282. The third kappa shape index (κ3) is 4.49. The highest BCUT2D eigenvalue weighted by Crippen LogP contribution is 2.35. The lowest BCUT2D eigenvalue weighted by molar-refractivity contribution is -0.148. The third-order valence-electron chi connectivity index (χ3n) is 4.69. The summed E-state index contributed by atoms with van der Waals surface area (Å²) in [6, 6.07) is 19.0. The Balaban J connectivity index is 1.58. The molecule has 7 heteroatoms. The number of benzene rings is 3. The molecule has 154 valence electrons. The maximum Gasteiger partial charge on any atom is 0.348 e. The Morgan fingerprint density at radius 3 is 2.67 bits per heavy atom. The Hall–Kier alpha value is -3.25. The van der Waals surface area contributed by atoms with E-state index in [1.165, 1.54) is 19.2 Å². The first-order chi connectivity index (χ1) is 14.5. The maximum absolute atomic E-state index is 13.7. The van der Waals surface area contributed by atoms with Gasteiger partial charge in [-0.3, -0.25) is 0 Å². The number of esters is 1. The van der Waals surface area contributed by atoms with E-state index in [-0.39, 0.29) is 6.54 Å². The fourth-order valence-corrected chi connectivity index (χ4v) is 3.51. The van der Waals surface area contributed by atoms with Gasteiger partial charge in [0.2, 0.25) is 6.10 Å². The predicted molar refractivity (Wildman–Crippen MR) is 112 cm³/mol. The number of methoxy groups -OCH3 is 1. The average molecular weight is 428 g/mol. The molecule has 30 heavy (non-hydrogen) atoms. The normalized spacial score (nSPS) is 15.2. The summed E-state index contributed by atoms with van der Waals surface area (Å²) in [6.07, 6.45) is -0.838. The zero-order valence-electron chi connectivity index (χ0n) is 16.2. The standard InChI is InChI=1S/C23H19ClFNO4/c1-28-23(27)22-14-26(20-9-8-17(25)12-21(20)30-22)13-15-4-2-6-18(10-15)29-19-7-3-5-16(24)11-19/h2-12,22H,13-14H2,1H3. The Morgan fingerprint density at radius 1 is 1.13 bits per heavy atom. The molecule has 0 spiro atoms. The molecule has 0 fully saturated rings. The van der Waals surface area contributed by atoms with Crippen molar-refractivity contribution in [1.82, 2.24) is 0 Å². The number of carbonyl (C=O) groups is 1. The van der Waals surface area contributed by atoms with Crippen molar-refractivity contribution in [3.63, 3.8) is 0 Å². The van der Waals surface area contributed by atoms with Crippen LogP contribution in [0.4, 0.5) is 10.1 Å². The number of fused-ring (bicyclic) bond motifs is 1. The minimum atomic E-state index is -0.838. The molecule has 1 atom stereocenters. The molecular weight excluding hydrogens is 409 g/mol. The van der Waals surface area contributed by atoms with E-state index in [1.807, 2.05) is 41.3 Å². The van der Waals surface area contributed by atoms with Crippen molar-refractivity contribution in [3.05, 3.63) is 83.1 Å². The average Bonchev–Trinajstić information content (AvgIpc) is 2.73. The van der Waals surface area contributed by atoms with Crippen LogP contribution < -0.4 is 14.4 Å². The van der Waals surface area contributed by atoms with Gasteiger partial charge in [-0.05, 0) is 48.0 Å². The molecular formula is C23H19ClFNO4. The van der Waals surface area contributed by atoms with Gasteiger partial charge in [0.15, 0.2) is 0 Å². The summed E-state index contributed by atoms with van der Waals surface area (Å²) in [4.78, 5) is 14.0. The quantitative estimate of drug-likeness (QED) is 0.523. The summed E-state index contributed by atoms with van der Waals surface area (Å²) >= 11 is 6.02. The van der Waals surface area contributed by atoms with Gasteiger partial charge in [-0.15, -0.1) is 0 Å². The highest BCUT2D eigenvalue weighted by Gasteiger charge is 2.31. The lowest BCUT2D eigenvalue weighted by Crippen LogP contribution is -2.44. The van der Waals surface area contributed by atoms with Gasteiger partial charge < -0.3 is 19.1 Å². The second-order valence-electron chi connectivity index (χ2n) is 6.83. The Labute approximate surface area is 178 Å². The number of hydrogen-bond acceptors (Lipinski definition) is 5. The molecule has 1 unspecified atom stereocenters. The second kappa shape index (κ2) is 8.63. The molecule has 3 aromatic rings. The van der Waals surface area contributed by atoms with Crippen LogP contribution in [0, 0.1) is 5.82 Å². The van der Waals surface area contributed by atoms with Gasteiger partial charge >= 0.3 is 5.97 Å². The number of halogens is 2. The monoisotopic (exact) mass is 427 g/mol. The van der Waals surface area contributed by atoms with Crippen molar-refractivity contribution < 1.29 is 23.4 Å². The number of carbonyl (C=O) groups excluding carboxylic acids is 1. The van der Waals surface area contributed by atoms with Crippen molar-refractivity contribution in [3.8, 4) is 17.2 Å². The summed E-state index contributed by atoms with van der Waals surface area (Å²) in [5, 5.41) is 0.592. The van der Waals surface area contributed by atoms with Crippen LogP contribution >= 0.6 is 11.6 Å². The van der Waals surface area contributed by atoms with Crippen LogP contribution in [0.1, 0.15) is 5.56 Å². The molecule has 0 saturated heterocycles. The van der Waals surface area contributed by atoms with Crippen LogP contribution in [0.15, 0.2) is 66.7 Å². The summed E-state index contributed by atoms with van der Waals surface area (Å²) in [6.45, 7) is 0.757. The van der Waals surface area contributed by atoms with Gasteiger partial charge in [-0.1, -0.05) is 29.8 Å². The lowest BCUT2D eigenvalue weighted by atomic mass is 10.1. The van der Waals surface area contributed by atoms with E-state index in [4.69, 9.17) is 25.8 Å². The molecule has 0 amide bonds. The summed E-state index contributed by atoms with van der Waals surface area (Å²) in [5.74, 6) is 0.663. The van der Waals surface area contributed by atoms with E-state index in [2.05, 4.69) is 0 Å². The zero-order chi connectivity index (χ0) is 21.1. The molecule has 0 aliphatic carbocycles. The van der Waals surface area contributed by atoms with E-state index in [9.17, 15) is 9.18 Å². The van der Waals surface area contributed by atoms with Gasteiger partial charge in [0, 0.05) is 17.6 Å². The SMILES string of the molecule is COC(=O)C1CN(Cc2cccc(Oc3cccc(Cl)c3)c2)c2ccc(F)cc2O1. The van der Waals surface area contributed by atoms with Crippen LogP contribution in [-0.2, 0) is 16.1 Å². The smallest absolute Gasteiger partial charge is 0.348 e. The predicted octanol–water partition coefficient (Wildman–Crippen LogP) is 5.21. The van der Waals surface area contributed by atoms with Crippen LogP contribution in [0.3, 0.4) is 0 Å². The van der Waals surface area contributed by atoms with Gasteiger partial charge in [-0.25, -0.2) is 9.18 Å². The Bertz CT molecular complexity index is 1070. The first-order valence-electron chi connectivity index (χ1n) is 9.33. The van der Waals surface area contributed by atoms with Gasteiger partial charge in [0.1, 0.15) is 23.1 Å². The van der Waals surface area contributed by atoms with Crippen LogP contribution in [0.25, 0.3) is 0 Å². The van der Waals surface area contributed by atoms with Crippen molar-refractivity contribution in [2.75, 3.05) is 18.6 Å². The maximum atomic E-state index is 13.7. The van der Waals surface area contributed by atoms with Crippen molar-refractivity contribution in [2.24, 2.45) is 0 Å². The Morgan fingerprint density at radius 2 is 1.90 bits per heavy atom. The molecule has 0 saturated carbocycles. The molecule has 4 rings (SSSR count). The van der Waals surface area contributed by atoms with Crippen LogP contribution in [-0.4, -0.2) is 25.7 Å². The van der Waals surface area contributed by atoms with E-state index >= 15 is 0 Å². The summed E-state index contributed by atoms with van der Waals surface area (Å²) in [5.41, 5.74) is 1.66. The first kappa shape index (κ1) is 20.0. The molecule has 3 aromatic carbocycles. The van der Waals surface area contributed by atoms with E-state index in [0.29, 0.717) is 34.5 Å². The fraction of sp³-hybridized carbons (Fsp3) is 0.174. The van der Waals surface area contributed by atoms with Crippen molar-refractivity contribution in [2.45, 2.75) is 12.6 Å². The highest BCUT2D eigenvalue weighted by molar-refractivity contribution is 6.30. The topological polar surface area (TPSA) is 48.0 Å². The Kier molecular flexibility index (Phi) is 5.77. The molecule has 0 bridgehead atoms. The largest absolute Gasteiger partial charge is 0.475 e. The van der Waals surface area contributed by atoms with Gasteiger partial charge in [0.05, 0.1) is 19.3 Å². The van der Waals surface area contributed by atoms with Gasteiger partial charge in [0.25, 0.3) is 0 Å². The lowest BCUT2D eigenvalue weighted by Gasteiger charge is -2.35. The molecule has 0 aromatic heterocycles. The van der Waals surface area contributed by atoms with Crippen LogP contribution in [0.5, 0.6) is 17.2 Å².